The number of carbonyl (C=O) groups is 1. The third kappa shape index (κ3) is 4.01. The van der Waals surface area contributed by atoms with Gasteiger partial charge in [0.15, 0.2) is 6.10 Å². The van der Waals surface area contributed by atoms with Crippen molar-refractivity contribution in [2.45, 2.75) is 19.6 Å². The Morgan fingerprint density at radius 3 is 2.62 bits per heavy atom. The predicted octanol–water partition coefficient (Wildman–Crippen LogP) is 2.46. The normalized spacial score (nSPS) is 17.6. The van der Waals surface area contributed by atoms with Crippen LogP contribution in [0.25, 0.3) is 0 Å². The Kier molecular flexibility index (Phi) is 5.60. The maximum atomic E-state index is 11.0. The van der Waals surface area contributed by atoms with Crippen LogP contribution < -0.4 is 0 Å². The van der Waals surface area contributed by atoms with Crippen LogP contribution in [0.5, 0.6) is 0 Å². The van der Waals surface area contributed by atoms with Crippen LogP contribution in [-0.2, 0) is 16.1 Å². The van der Waals surface area contributed by atoms with Gasteiger partial charge < -0.3 is 9.64 Å². The first-order valence-corrected chi connectivity index (χ1v) is 9.00. The highest BCUT2D eigenvalue weighted by atomic mass is 32.1. The van der Waals surface area contributed by atoms with Crippen LogP contribution in [0.15, 0.2) is 30.3 Å². The monoisotopic (exact) mass is 345 g/mol. The van der Waals surface area contributed by atoms with Gasteiger partial charge >= 0.3 is 0 Å². The molecule has 0 bridgehead atoms. The number of rotatable bonds is 6. The Bertz CT molecular complexity index is 666. The first-order valence-electron chi connectivity index (χ1n) is 8.18. The average molecular weight is 345 g/mol. The second-order valence-corrected chi connectivity index (χ2v) is 7.27. The van der Waals surface area contributed by atoms with Gasteiger partial charge in [0.05, 0.1) is 17.1 Å². The van der Waals surface area contributed by atoms with Gasteiger partial charge in [-0.1, -0.05) is 30.3 Å². The molecule has 0 spiro atoms. The number of ether oxygens (including phenoxy) is 1. The quantitative estimate of drug-likeness (QED) is 0.753. The fourth-order valence-corrected chi connectivity index (χ4v) is 4.12. The average Bonchev–Trinajstić information content (AvgIpc) is 2.95. The topological polar surface area (TPSA) is 45.7 Å². The molecular formula is C18H23N3O2S. The van der Waals surface area contributed by atoms with Gasteiger partial charge in [-0.25, -0.2) is 4.98 Å². The van der Waals surface area contributed by atoms with Gasteiger partial charge in [0.2, 0.25) is 0 Å². The number of likely N-dealkylation sites (N-methyl/N-ethyl adjacent to an activating group) is 1. The summed E-state index contributed by atoms with van der Waals surface area (Å²) >= 11 is 1.65. The van der Waals surface area contributed by atoms with E-state index in [0.717, 1.165) is 53.9 Å². The molecule has 1 aromatic heterocycles. The van der Waals surface area contributed by atoms with Crippen molar-refractivity contribution in [3.8, 4) is 0 Å². The molecule has 0 amide bonds. The highest BCUT2D eigenvalue weighted by Crippen LogP contribution is 2.33. The number of nitrogens with zero attached hydrogens (tertiary/aromatic N) is 3. The summed E-state index contributed by atoms with van der Waals surface area (Å²) in [4.78, 5) is 21.5. The van der Waals surface area contributed by atoms with Crippen molar-refractivity contribution < 1.29 is 9.53 Å². The highest BCUT2D eigenvalue weighted by Gasteiger charge is 2.23. The van der Waals surface area contributed by atoms with Crippen molar-refractivity contribution in [3.05, 3.63) is 51.5 Å². The van der Waals surface area contributed by atoms with E-state index in [1.54, 1.807) is 11.3 Å². The lowest BCUT2D eigenvalue weighted by atomic mass is 10.1. The van der Waals surface area contributed by atoms with Crippen LogP contribution in [0.2, 0.25) is 0 Å². The van der Waals surface area contributed by atoms with Gasteiger partial charge in [-0.15, -0.1) is 11.3 Å². The fourth-order valence-electron chi connectivity index (χ4n) is 2.95. The molecule has 128 valence electrons. The summed E-state index contributed by atoms with van der Waals surface area (Å²) in [6.45, 7) is 7.70. The summed E-state index contributed by atoms with van der Waals surface area (Å²) in [6.07, 6.45) is -0.373. The second-order valence-electron chi connectivity index (χ2n) is 6.16. The Morgan fingerprint density at radius 1 is 1.25 bits per heavy atom. The lowest BCUT2D eigenvalue weighted by Gasteiger charge is -2.31. The standard InChI is InChI=1S/C18H23N3O2S/c1-14-18(17(23-13-22)15-6-4-3-5-7-15)24-16(19-14)12-21-10-8-20(2)9-11-21/h3-7,13,17H,8-12H2,1-2H3. The molecule has 1 atom stereocenters. The number of carbonyl (C=O) groups excluding carboxylic acids is 1. The zero-order valence-corrected chi connectivity index (χ0v) is 15.0. The Balaban J connectivity index is 1.77. The summed E-state index contributed by atoms with van der Waals surface area (Å²) in [5.41, 5.74) is 1.92. The van der Waals surface area contributed by atoms with E-state index in [2.05, 4.69) is 16.8 Å². The predicted molar refractivity (Wildman–Crippen MR) is 95.1 cm³/mol. The first kappa shape index (κ1) is 17.1. The van der Waals surface area contributed by atoms with Crippen LogP contribution in [0.1, 0.15) is 27.2 Å². The van der Waals surface area contributed by atoms with Crippen LogP contribution in [0, 0.1) is 6.92 Å². The number of hydrogen-bond donors (Lipinski definition) is 0. The highest BCUT2D eigenvalue weighted by molar-refractivity contribution is 7.11. The number of hydrogen-bond acceptors (Lipinski definition) is 6. The maximum absolute atomic E-state index is 11.0. The van der Waals surface area contributed by atoms with E-state index in [4.69, 9.17) is 9.72 Å². The molecule has 24 heavy (non-hydrogen) atoms. The van der Waals surface area contributed by atoms with E-state index in [1.807, 2.05) is 37.3 Å². The number of piperazine rings is 1. The zero-order valence-electron chi connectivity index (χ0n) is 14.1. The molecule has 5 nitrogen and oxygen atoms in total. The Hall–Kier alpha value is -1.76. The summed E-state index contributed by atoms with van der Waals surface area (Å²) in [5, 5.41) is 1.09. The van der Waals surface area contributed by atoms with Gasteiger partial charge in [0.1, 0.15) is 5.01 Å². The number of aromatic nitrogens is 1. The third-order valence-corrected chi connectivity index (χ3v) is 5.55. The zero-order chi connectivity index (χ0) is 16.9. The Labute approximate surface area is 146 Å². The number of thiazole rings is 1. The minimum Gasteiger partial charge on any atom is -0.454 e. The smallest absolute Gasteiger partial charge is 0.294 e. The molecule has 1 saturated heterocycles. The minimum absolute atomic E-state index is 0.373. The SMILES string of the molecule is Cc1nc(CN2CCN(C)CC2)sc1C(OC=O)c1ccccc1. The van der Waals surface area contributed by atoms with Crippen molar-refractivity contribution in [2.75, 3.05) is 33.2 Å². The molecule has 0 radical (unpaired) electrons. The molecule has 1 aromatic carbocycles. The van der Waals surface area contributed by atoms with Crippen molar-refractivity contribution in [1.82, 2.24) is 14.8 Å². The van der Waals surface area contributed by atoms with Crippen LogP contribution in [-0.4, -0.2) is 54.5 Å². The minimum atomic E-state index is -0.373. The van der Waals surface area contributed by atoms with E-state index >= 15 is 0 Å². The van der Waals surface area contributed by atoms with Gasteiger partial charge in [-0.05, 0) is 19.5 Å². The summed E-state index contributed by atoms with van der Waals surface area (Å²) < 4.78 is 5.38. The Morgan fingerprint density at radius 2 is 1.96 bits per heavy atom. The summed E-state index contributed by atoms with van der Waals surface area (Å²) in [6, 6.07) is 9.83. The number of aryl methyl sites for hydroxylation is 1. The molecule has 1 unspecified atom stereocenters. The summed E-state index contributed by atoms with van der Waals surface area (Å²) in [7, 11) is 2.16. The molecule has 6 heteroatoms. The summed E-state index contributed by atoms with van der Waals surface area (Å²) in [5.74, 6) is 0. The molecule has 1 aliphatic heterocycles. The third-order valence-electron chi connectivity index (χ3n) is 4.36. The van der Waals surface area contributed by atoms with Gasteiger partial charge in [-0.2, -0.15) is 0 Å². The number of benzene rings is 1. The van der Waals surface area contributed by atoms with Gasteiger partial charge in [-0.3, -0.25) is 9.69 Å². The van der Waals surface area contributed by atoms with Gasteiger partial charge in [0.25, 0.3) is 6.47 Å². The van der Waals surface area contributed by atoms with Crippen LogP contribution in [0.3, 0.4) is 0 Å². The van der Waals surface area contributed by atoms with Crippen molar-refractivity contribution in [2.24, 2.45) is 0 Å². The molecule has 1 aliphatic rings. The fraction of sp³-hybridized carbons (Fsp3) is 0.444. The second kappa shape index (κ2) is 7.88. The first-order chi connectivity index (χ1) is 11.7. The van der Waals surface area contributed by atoms with Crippen molar-refractivity contribution in [3.63, 3.8) is 0 Å². The lowest BCUT2D eigenvalue weighted by Crippen LogP contribution is -2.43. The molecule has 0 aliphatic carbocycles. The van der Waals surface area contributed by atoms with E-state index < -0.39 is 0 Å². The molecule has 2 heterocycles. The lowest BCUT2D eigenvalue weighted by molar-refractivity contribution is -0.132. The van der Waals surface area contributed by atoms with Crippen LogP contribution >= 0.6 is 11.3 Å². The van der Waals surface area contributed by atoms with Crippen LogP contribution in [0.4, 0.5) is 0 Å². The van der Waals surface area contributed by atoms with Crippen molar-refractivity contribution >= 4 is 17.8 Å². The molecule has 3 rings (SSSR count). The molecule has 0 saturated carbocycles. The van der Waals surface area contributed by atoms with E-state index in [-0.39, 0.29) is 6.10 Å². The largest absolute Gasteiger partial charge is 0.454 e. The van der Waals surface area contributed by atoms with E-state index in [1.165, 1.54) is 0 Å². The van der Waals surface area contributed by atoms with Gasteiger partial charge in [0, 0.05) is 26.2 Å². The van der Waals surface area contributed by atoms with E-state index in [9.17, 15) is 4.79 Å². The van der Waals surface area contributed by atoms with E-state index in [0.29, 0.717) is 6.47 Å². The molecular weight excluding hydrogens is 322 g/mol. The molecule has 2 aromatic rings. The maximum Gasteiger partial charge on any atom is 0.294 e. The van der Waals surface area contributed by atoms with Crippen molar-refractivity contribution in [1.29, 1.82) is 0 Å². The molecule has 1 fully saturated rings. The molecule has 0 N–H and O–H groups in total.